The third-order valence-corrected chi connectivity index (χ3v) is 6.07. The predicted octanol–water partition coefficient (Wildman–Crippen LogP) is 4.52. The van der Waals surface area contributed by atoms with Crippen LogP contribution >= 0.6 is 11.6 Å². The average molecular weight is 433 g/mol. The van der Waals surface area contributed by atoms with Crippen molar-refractivity contribution in [3.05, 3.63) is 94.3 Å². The van der Waals surface area contributed by atoms with Gasteiger partial charge in [0.1, 0.15) is 10.7 Å². The van der Waals surface area contributed by atoms with E-state index in [4.69, 9.17) is 11.6 Å². The molecule has 0 aliphatic heterocycles. The van der Waals surface area contributed by atoms with Crippen molar-refractivity contribution in [1.29, 1.82) is 0 Å². The lowest BCUT2D eigenvalue weighted by Gasteiger charge is -2.11. The van der Waals surface area contributed by atoms with Crippen LogP contribution in [0.4, 0.5) is 10.1 Å². The van der Waals surface area contributed by atoms with Crippen molar-refractivity contribution < 1.29 is 17.6 Å². The summed E-state index contributed by atoms with van der Waals surface area (Å²) in [6.45, 7) is 1.72. The Labute approximate surface area is 173 Å². The molecule has 0 radical (unpaired) electrons. The van der Waals surface area contributed by atoms with Crippen LogP contribution in [0.5, 0.6) is 0 Å². The second-order valence-corrected chi connectivity index (χ2v) is 8.47. The van der Waals surface area contributed by atoms with E-state index < -0.39 is 26.6 Å². The highest BCUT2D eigenvalue weighted by atomic mass is 35.5. The van der Waals surface area contributed by atoms with Gasteiger partial charge in [0, 0.05) is 22.8 Å². The third kappa shape index (κ3) is 5.00. The first-order valence-electron chi connectivity index (χ1n) is 8.67. The molecule has 29 heavy (non-hydrogen) atoms. The van der Waals surface area contributed by atoms with Crippen LogP contribution in [0.15, 0.2) is 71.6 Å². The van der Waals surface area contributed by atoms with Crippen LogP contribution in [0, 0.1) is 12.7 Å². The Bertz CT molecular complexity index is 1170. The van der Waals surface area contributed by atoms with Crippen molar-refractivity contribution in [3.63, 3.8) is 0 Å². The Morgan fingerprint density at radius 2 is 1.72 bits per heavy atom. The van der Waals surface area contributed by atoms with Crippen molar-refractivity contribution >= 4 is 33.2 Å². The van der Waals surface area contributed by atoms with E-state index in [0.29, 0.717) is 16.3 Å². The molecule has 0 spiro atoms. The third-order valence-electron chi connectivity index (χ3n) is 4.29. The molecule has 1 amide bonds. The fourth-order valence-electron chi connectivity index (χ4n) is 2.65. The molecule has 0 saturated carbocycles. The molecule has 0 aromatic heterocycles. The van der Waals surface area contributed by atoms with Gasteiger partial charge in [-0.3, -0.25) is 4.79 Å². The standard InChI is InChI=1S/C21H18ClFN2O3S/c1-14-6-2-5-9-19(14)25-21(26)15-10-11-18(23)20(12-15)29(27,28)24-13-16-7-3-4-8-17(16)22/h2-12,24H,13H2,1H3,(H,25,26). The number of para-hydroxylation sites is 1. The van der Waals surface area contributed by atoms with Crippen LogP contribution in [-0.2, 0) is 16.6 Å². The van der Waals surface area contributed by atoms with Crippen LogP contribution < -0.4 is 10.0 Å². The molecule has 0 atom stereocenters. The summed E-state index contributed by atoms with van der Waals surface area (Å²) in [7, 11) is -4.21. The molecular weight excluding hydrogens is 415 g/mol. The maximum atomic E-state index is 14.2. The Kier molecular flexibility index (Phi) is 6.32. The summed E-state index contributed by atoms with van der Waals surface area (Å²) in [5, 5.41) is 3.09. The number of hydrogen-bond donors (Lipinski definition) is 2. The summed E-state index contributed by atoms with van der Waals surface area (Å²) in [5.74, 6) is -1.49. The first kappa shape index (κ1) is 21.0. The number of carbonyl (C=O) groups excluding carboxylic acids is 1. The molecule has 3 aromatic rings. The maximum absolute atomic E-state index is 14.2. The Morgan fingerprint density at radius 1 is 1.03 bits per heavy atom. The largest absolute Gasteiger partial charge is 0.322 e. The number of rotatable bonds is 6. The van der Waals surface area contributed by atoms with Gasteiger partial charge in [0.05, 0.1) is 0 Å². The number of anilines is 1. The fourth-order valence-corrected chi connectivity index (χ4v) is 3.96. The van der Waals surface area contributed by atoms with Crippen LogP contribution in [0.1, 0.15) is 21.5 Å². The monoisotopic (exact) mass is 432 g/mol. The molecular formula is C21H18ClFN2O3S. The SMILES string of the molecule is Cc1ccccc1NC(=O)c1ccc(F)c(S(=O)(=O)NCc2ccccc2Cl)c1. The van der Waals surface area contributed by atoms with E-state index in [1.807, 2.05) is 19.1 Å². The zero-order valence-corrected chi connectivity index (χ0v) is 17.0. The lowest BCUT2D eigenvalue weighted by atomic mass is 10.1. The second-order valence-electron chi connectivity index (χ2n) is 6.33. The van der Waals surface area contributed by atoms with Gasteiger partial charge in [-0.1, -0.05) is 48.0 Å². The summed E-state index contributed by atoms with van der Waals surface area (Å²) in [6.07, 6.45) is 0. The van der Waals surface area contributed by atoms with Crippen molar-refractivity contribution in [2.24, 2.45) is 0 Å². The van der Waals surface area contributed by atoms with Crippen molar-refractivity contribution in [3.8, 4) is 0 Å². The van der Waals surface area contributed by atoms with Gasteiger partial charge < -0.3 is 5.32 Å². The van der Waals surface area contributed by atoms with E-state index in [1.54, 1.807) is 36.4 Å². The van der Waals surface area contributed by atoms with E-state index in [0.717, 1.165) is 17.7 Å². The van der Waals surface area contributed by atoms with Gasteiger partial charge in [0.25, 0.3) is 5.91 Å². The van der Waals surface area contributed by atoms with Gasteiger partial charge in [0.2, 0.25) is 10.0 Å². The minimum absolute atomic E-state index is 0.0211. The molecule has 0 aliphatic rings. The highest BCUT2D eigenvalue weighted by molar-refractivity contribution is 7.89. The summed E-state index contributed by atoms with van der Waals surface area (Å²) >= 11 is 6.03. The van der Waals surface area contributed by atoms with Crippen LogP contribution in [0.2, 0.25) is 5.02 Å². The average Bonchev–Trinajstić information content (AvgIpc) is 2.69. The highest BCUT2D eigenvalue weighted by Gasteiger charge is 2.21. The lowest BCUT2D eigenvalue weighted by molar-refractivity contribution is 0.102. The predicted molar refractivity (Wildman–Crippen MR) is 111 cm³/mol. The first-order chi connectivity index (χ1) is 13.8. The van der Waals surface area contributed by atoms with Gasteiger partial charge in [0.15, 0.2) is 0 Å². The first-order valence-corrected chi connectivity index (χ1v) is 10.5. The smallest absolute Gasteiger partial charge is 0.255 e. The fraction of sp³-hybridized carbons (Fsp3) is 0.0952. The molecule has 5 nitrogen and oxygen atoms in total. The summed E-state index contributed by atoms with van der Waals surface area (Å²) in [6, 6.07) is 17.1. The second kappa shape index (κ2) is 8.73. The van der Waals surface area contributed by atoms with Crippen LogP contribution in [0.25, 0.3) is 0 Å². The van der Waals surface area contributed by atoms with Crippen LogP contribution in [-0.4, -0.2) is 14.3 Å². The summed E-state index contributed by atoms with van der Waals surface area (Å²) in [4.78, 5) is 11.9. The van der Waals surface area contributed by atoms with Crippen molar-refractivity contribution in [2.45, 2.75) is 18.4 Å². The molecule has 3 aromatic carbocycles. The molecule has 0 unspecified atom stereocenters. The molecule has 0 bridgehead atoms. The number of amides is 1. The van der Waals surface area contributed by atoms with E-state index in [2.05, 4.69) is 10.0 Å². The number of sulfonamides is 1. The van der Waals surface area contributed by atoms with Crippen LogP contribution in [0.3, 0.4) is 0 Å². The minimum atomic E-state index is -4.21. The van der Waals surface area contributed by atoms with Gasteiger partial charge in [-0.15, -0.1) is 0 Å². The molecule has 3 rings (SSSR count). The Hall–Kier alpha value is -2.74. The summed E-state index contributed by atoms with van der Waals surface area (Å²) in [5.41, 5.74) is 2.00. The van der Waals surface area contributed by atoms with Crippen molar-refractivity contribution in [2.75, 3.05) is 5.32 Å². The van der Waals surface area contributed by atoms with Gasteiger partial charge in [-0.05, 0) is 48.4 Å². The highest BCUT2D eigenvalue weighted by Crippen LogP contribution is 2.20. The van der Waals surface area contributed by atoms with Gasteiger partial charge in [-0.2, -0.15) is 0 Å². The number of aryl methyl sites for hydroxylation is 1. The number of hydrogen-bond acceptors (Lipinski definition) is 3. The molecule has 0 fully saturated rings. The normalized spacial score (nSPS) is 11.3. The quantitative estimate of drug-likeness (QED) is 0.601. The molecule has 0 heterocycles. The summed E-state index contributed by atoms with van der Waals surface area (Å²) < 4.78 is 41.8. The zero-order chi connectivity index (χ0) is 21.0. The number of nitrogens with one attached hydrogen (secondary N) is 2. The molecule has 150 valence electrons. The van der Waals surface area contributed by atoms with E-state index in [9.17, 15) is 17.6 Å². The van der Waals surface area contributed by atoms with Gasteiger partial charge in [-0.25, -0.2) is 17.5 Å². The van der Waals surface area contributed by atoms with Gasteiger partial charge >= 0.3 is 0 Å². The zero-order valence-electron chi connectivity index (χ0n) is 15.4. The van der Waals surface area contributed by atoms with E-state index in [-0.39, 0.29) is 12.1 Å². The molecule has 8 heteroatoms. The lowest BCUT2D eigenvalue weighted by Crippen LogP contribution is -2.25. The number of halogens is 2. The van der Waals surface area contributed by atoms with E-state index >= 15 is 0 Å². The van der Waals surface area contributed by atoms with E-state index in [1.165, 1.54) is 6.07 Å². The number of carbonyl (C=O) groups is 1. The Balaban J connectivity index is 1.83. The maximum Gasteiger partial charge on any atom is 0.255 e. The minimum Gasteiger partial charge on any atom is -0.322 e. The molecule has 2 N–H and O–H groups in total. The molecule has 0 aliphatic carbocycles. The number of benzene rings is 3. The van der Waals surface area contributed by atoms with Crippen molar-refractivity contribution in [1.82, 2.24) is 4.72 Å². The molecule has 0 saturated heterocycles. The topological polar surface area (TPSA) is 75.3 Å². The Morgan fingerprint density at radius 3 is 2.45 bits per heavy atom.